The van der Waals surface area contributed by atoms with Crippen LogP contribution in [0, 0.1) is 0 Å². The van der Waals surface area contributed by atoms with Gasteiger partial charge in [0.2, 0.25) is 0 Å². The molecule has 0 bridgehead atoms. The zero-order valence-electron chi connectivity index (χ0n) is 12.4. The van der Waals surface area contributed by atoms with E-state index in [4.69, 9.17) is 5.73 Å². The highest BCUT2D eigenvalue weighted by atomic mass is 15.2. The molecule has 1 aromatic rings. The minimum Gasteiger partial charge on any atom is -0.399 e. The van der Waals surface area contributed by atoms with Gasteiger partial charge in [0.15, 0.2) is 0 Å². The minimum atomic E-state index is 0.625. The van der Waals surface area contributed by atoms with Crippen LogP contribution in [0.15, 0.2) is 47.7 Å². The number of para-hydroxylation sites is 1. The zero-order chi connectivity index (χ0) is 14.1. The quantitative estimate of drug-likeness (QED) is 0.884. The molecule has 0 spiro atoms. The third kappa shape index (κ3) is 2.35. The molecule has 0 saturated heterocycles. The van der Waals surface area contributed by atoms with Gasteiger partial charge in [0.05, 0.1) is 0 Å². The molecule has 0 saturated carbocycles. The molecule has 106 valence electrons. The molecule has 3 rings (SSSR count). The van der Waals surface area contributed by atoms with Crippen LogP contribution < -0.4 is 10.6 Å². The summed E-state index contributed by atoms with van der Waals surface area (Å²) in [6.07, 6.45) is 5.88. The van der Waals surface area contributed by atoms with Crippen LogP contribution in [0.2, 0.25) is 0 Å². The van der Waals surface area contributed by atoms with E-state index in [0.717, 1.165) is 18.5 Å². The van der Waals surface area contributed by atoms with Gasteiger partial charge in [-0.2, -0.15) is 0 Å². The van der Waals surface area contributed by atoms with Crippen LogP contribution in [0.1, 0.15) is 38.2 Å². The number of rotatable bonds is 2. The van der Waals surface area contributed by atoms with Gasteiger partial charge in [-0.15, -0.1) is 0 Å². The predicted octanol–water partition coefficient (Wildman–Crippen LogP) is 3.78. The molecule has 0 amide bonds. The molecule has 2 nitrogen and oxygen atoms in total. The summed E-state index contributed by atoms with van der Waals surface area (Å²) in [5.41, 5.74) is 12.3. The zero-order valence-corrected chi connectivity index (χ0v) is 12.4. The van der Waals surface area contributed by atoms with Gasteiger partial charge in [-0.1, -0.05) is 30.4 Å². The average molecular weight is 268 g/mol. The van der Waals surface area contributed by atoms with Crippen LogP contribution in [0.3, 0.4) is 0 Å². The summed E-state index contributed by atoms with van der Waals surface area (Å²) < 4.78 is 0. The lowest BCUT2D eigenvalue weighted by atomic mass is 9.85. The second kappa shape index (κ2) is 5.35. The van der Waals surface area contributed by atoms with Gasteiger partial charge in [-0.25, -0.2) is 0 Å². The van der Waals surface area contributed by atoms with Crippen LogP contribution in [0.5, 0.6) is 0 Å². The number of hydrogen-bond donors (Lipinski definition) is 1. The molecule has 20 heavy (non-hydrogen) atoms. The molecule has 1 aliphatic heterocycles. The highest BCUT2D eigenvalue weighted by Crippen LogP contribution is 2.36. The van der Waals surface area contributed by atoms with Crippen molar-refractivity contribution in [3.05, 3.63) is 53.3 Å². The maximum atomic E-state index is 5.89. The molecule has 0 radical (unpaired) electrons. The van der Waals surface area contributed by atoms with E-state index >= 15 is 0 Å². The summed E-state index contributed by atoms with van der Waals surface area (Å²) in [5.74, 6) is 0. The smallest absolute Gasteiger partial charge is 0.0401 e. The average Bonchev–Trinajstić information content (AvgIpc) is 2.46. The number of nitrogens with zero attached hydrogens (tertiary/aromatic N) is 1. The third-order valence-corrected chi connectivity index (χ3v) is 4.76. The molecule has 0 unspecified atom stereocenters. The number of allylic oxidation sites excluding steroid dienone is 1. The Morgan fingerprint density at radius 3 is 2.85 bits per heavy atom. The van der Waals surface area contributed by atoms with Gasteiger partial charge in [0.25, 0.3) is 0 Å². The van der Waals surface area contributed by atoms with Crippen LogP contribution >= 0.6 is 0 Å². The van der Waals surface area contributed by atoms with E-state index in [-0.39, 0.29) is 0 Å². The fourth-order valence-electron chi connectivity index (χ4n) is 3.75. The van der Waals surface area contributed by atoms with Gasteiger partial charge >= 0.3 is 0 Å². The Balaban J connectivity index is 1.84. The molecular weight excluding hydrogens is 244 g/mol. The van der Waals surface area contributed by atoms with Crippen LogP contribution in [-0.4, -0.2) is 12.6 Å². The second-order valence-electron chi connectivity index (χ2n) is 6.11. The molecule has 2 N–H and O–H groups in total. The van der Waals surface area contributed by atoms with E-state index in [1.165, 1.54) is 48.2 Å². The summed E-state index contributed by atoms with van der Waals surface area (Å²) in [7, 11) is 0. The van der Waals surface area contributed by atoms with Crippen LogP contribution in [0.25, 0.3) is 0 Å². The van der Waals surface area contributed by atoms with Gasteiger partial charge in [-0.05, 0) is 56.2 Å². The third-order valence-electron chi connectivity index (χ3n) is 4.76. The standard InChI is InChI=1S/C18H24N2/c1-13-12-16(9-10-17(13)14(2)19)20-11-5-7-15-6-3-4-8-18(15)20/h3-4,6,8,16H,2,5,7,9-12,19H2,1H3/t16-/m0/s1. The fourth-order valence-corrected chi connectivity index (χ4v) is 3.75. The van der Waals surface area contributed by atoms with Gasteiger partial charge in [-0.3, -0.25) is 0 Å². The van der Waals surface area contributed by atoms with E-state index in [9.17, 15) is 0 Å². The monoisotopic (exact) mass is 268 g/mol. The maximum Gasteiger partial charge on any atom is 0.0401 e. The van der Waals surface area contributed by atoms with E-state index in [1.54, 1.807) is 0 Å². The summed E-state index contributed by atoms with van der Waals surface area (Å²) in [6, 6.07) is 9.51. The summed E-state index contributed by atoms with van der Waals surface area (Å²) in [5, 5.41) is 0. The molecule has 1 heterocycles. The maximum absolute atomic E-state index is 5.89. The normalized spacial score (nSPS) is 22.6. The van der Waals surface area contributed by atoms with Crippen molar-refractivity contribution in [2.75, 3.05) is 11.4 Å². The van der Waals surface area contributed by atoms with E-state index in [2.05, 4.69) is 42.7 Å². The molecule has 0 fully saturated rings. The van der Waals surface area contributed by atoms with Gasteiger partial charge in [0.1, 0.15) is 0 Å². The Bertz CT molecular complexity index is 556. The first kappa shape index (κ1) is 13.3. The topological polar surface area (TPSA) is 29.3 Å². The van der Waals surface area contributed by atoms with Crippen LogP contribution in [0.4, 0.5) is 5.69 Å². The van der Waals surface area contributed by atoms with Crippen molar-refractivity contribution in [3.8, 4) is 0 Å². The Morgan fingerprint density at radius 1 is 1.30 bits per heavy atom. The Hall–Kier alpha value is -1.70. The van der Waals surface area contributed by atoms with Crippen molar-refractivity contribution in [1.29, 1.82) is 0 Å². The van der Waals surface area contributed by atoms with Gasteiger partial charge in [0, 0.05) is 24.0 Å². The first-order valence-corrected chi connectivity index (χ1v) is 7.64. The Morgan fingerprint density at radius 2 is 2.10 bits per heavy atom. The van der Waals surface area contributed by atoms with Crippen LogP contribution in [-0.2, 0) is 6.42 Å². The molecular formula is C18H24N2. The Kier molecular flexibility index (Phi) is 3.56. The highest BCUT2D eigenvalue weighted by Gasteiger charge is 2.27. The molecule has 0 aromatic heterocycles. The van der Waals surface area contributed by atoms with Crippen molar-refractivity contribution in [1.82, 2.24) is 0 Å². The largest absolute Gasteiger partial charge is 0.399 e. The minimum absolute atomic E-state index is 0.625. The first-order chi connectivity index (χ1) is 9.66. The van der Waals surface area contributed by atoms with E-state index < -0.39 is 0 Å². The molecule has 2 aliphatic rings. The van der Waals surface area contributed by atoms with Crippen molar-refractivity contribution in [2.45, 2.75) is 45.1 Å². The number of benzene rings is 1. The fraction of sp³-hybridized carbons (Fsp3) is 0.444. The highest BCUT2D eigenvalue weighted by molar-refractivity contribution is 5.56. The predicted molar refractivity (Wildman–Crippen MR) is 85.8 cm³/mol. The summed E-state index contributed by atoms with van der Waals surface area (Å²) in [6.45, 7) is 7.32. The summed E-state index contributed by atoms with van der Waals surface area (Å²) >= 11 is 0. The Labute approximate surface area is 122 Å². The lowest BCUT2D eigenvalue weighted by Crippen LogP contribution is -2.40. The van der Waals surface area contributed by atoms with Gasteiger partial charge < -0.3 is 10.6 Å². The molecule has 1 aliphatic carbocycles. The second-order valence-corrected chi connectivity index (χ2v) is 6.11. The van der Waals surface area contributed by atoms with Crippen molar-refractivity contribution in [3.63, 3.8) is 0 Å². The first-order valence-electron chi connectivity index (χ1n) is 7.64. The molecule has 2 heteroatoms. The number of aryl methyl sites for hydroxylation is 1. The molecule has 1 atom stereocenters. The van der Waals surface area contributed by atoms with Crippen molar-refractivity contribution < 1.29 is 0 Å². The molecule has 1 aromatic carbocycles. The lowest BCUT2D eigenvalue weighted by molar-refractivity contribution is 0.501. The van der Waals surface area contributed by atoms with E-state index in [1.807, 2.05) is 0 Å². The SMILES string of the molecule is C=C(N)C1=C(C)C[C@@H](N2CCCc3ccccc32)CC1. The van der Waals surface area contributed by atoms with Crippen molar-refractivity contribution >= 4 is 5.69 Å². The number of nitrogens with two attached hydrogens (primary N) is 1. The summed E-state index contributed by atoms with van der Waals surface area (Å²) in [4.78, 5) is 2.62. The number of anilines is 1. The number of hydrogen-bond acceptors (Lipinski definition) is 2. The number of fused-ring (bicyclic) bond motifs is 1. The van der Waals surface area contributed by atoms with E-state index in [0.29, 0.717) is 6.04 Å². The van der Waals surface area contributed by atoms with Crippen molar-refractivity contribution in [2.24, 2.45) is 5.73 Å². The lowest BCUT2D eigenvalue weighted by Gasteiger charge is -2.40.